The smallest absolute Gasteiger partial charge is 0.141 e. The first-order valence-corrected chi connectivity index (χ1v) is 5.52. The van der Waals surface area contributed by atoms with E-state index in [1.807, 2.05) is 6.20 Å². The topological polar surface area (TPSA) is 41.6 Å². The van der Waals surface area contributed by atoms with E-state index in [1.165, 1.54) is 16.2 Å². The molecule has 0 unspecified atom stereocenters. The lowest BCUT2D eigenvalue weighted by atomic mass is 10.1. The first-order valence-electron chi connectivity index (χ1n) is 5.52. The number of H-pyrrole nitrogens is 1. The first-order chi connectivity index (χ1) is 8.43. The van der Waals surface area contributed by atoms with Crippen LogP contribution >= 0.6 is 0 Å². The lowest BCUT2D eigenvalue weighted by Crippen LogP contribution is -1.76. The summed E-state index contributed by atoms with van der Waals surface area (Å²) in [7, 11) is 0. The number of hydrogen-bond donors (Lipinski definition) is 1. The van der Waals surface area contributed by atoms with E-state index in [9.17, 15) is 0 Å². The summed E-state index contributed by atoms with van der Waals surface area (Å²) in [6, 6.07) is 12.6. The Labute approximate surface area is 97.1 Å². The van der Waals surface area contributed by atoms with Gasteiger partial charge in [0.2, 0.25) is 0 Å². The van der Waals surface area contributed by atoms with Gasteiger partial charge in [0.25, 0.3) is 0 Å². The third kappa shape index (κ3) is 1.11. The first kappa shape index (κ1) is 8.70. The number of fused-ring (bicyclic) bond motifs is 5. The number of aromatic amines is 1. The highest BCUT2D eigenvalue weighted by Crippen LogP contribution is 2.29. The van der Waals surface area contributed by atoms with Crippen molar-refractivity contribution in [1.82, 2.24) is 15.0 Å². The molecule has 0 saturated heterocycles. The Hall–Kier alpha value is -2.42. The van der Waals surface area contributed by atoms with Crippen LogP contribution < -0.4 is 0 Å². The fourth-order valence-electron chi connectivity index (χ4n) is 2.38. The molecule has 4 aromatic rings. The van der Waals surface area contributed by atoms with E-state index in [-0.39, 0.29) is 0 Å². The van der Waals surface area contributed by atoms with Crippen molar-refractivity contribution in [3.05, 3.63) is 48.9 Å². The fourth-order valence-corrected chi connectivity index (χ4v) is 2.38. The normalized spacial score (nSPS) is 11.5. The second kappa shape index (κ2) is 3.04. The van der Waals surface area contributed by atoms with E-state index in [4.69, 9.17) is 0 Å². The molecule has 2 aromatic carbocycles. The average molecular weight is 219 g/mol. The summed E-state index contributed by atoms with van der Waals surface area (Å²) in [5, 5.41) is 4.72. The molecule has 0 atom stereocenters. The number of aromatic nitrogens is 3. The molecule has 0 fully saturated rings. The van der Waals surface area contributed by atoms with E-state index in [0.717, 1.165) is 16.6 Å². The summed E-state index contributed by atoms with van der Waals surface area (Å²) in [6.45, 7) is 0. The molecule has 2 aromatic heterocycles. The second-order valence-electron chi connectivity index (χ2n) is 4.12. The standard InChI is InChI=1S/C14H9N3/c1-2-4-10-9(3-1)5-6-11-12-7-15-8-16-14(12)17-13(10)11/h1-8H,(H,15,16,17). The van der Waals surface area contributed by atoms with Gasteiger partial charge in [-0.1, -0.05) is 36.4 Å². The van der Waals surface area contributed by atoms with Crippen LogP contribution in [0.1, 0.15) is 0 Å². The Kier molecular flexibility index (Phi) is 1.56. The summed E-state index contributed by atoms with van der Waals surface area (Å²) >= 11 is 0. The van der Waals surface area contributed by atoms with Crippen molar-refractivity contribution < 1.29 is 0 Å². The Morgan fingerprint density at radius 2 is 1.82 bits per heavy atom. The molecule has 0 aliphatic carbocycles. The number of benzene rings is 2. The minimum Gasteiger partial charge on any atom is -0.339 e. The van der Waals surface area contributed by atoms with Crippen LogP contribution in [0.2, 0.25) is 0 Å². The third-order valence-corrected chi connectivity index (χ3v) is 3.17. The molecular weight excluding hydrogens is 210 g/mol. The Balaban J connectivity index is 2.34. The van der Waals surface area contributed by atoms with Crippen LogP contribution in [0.4, 0.5) is 0 Å². The van der Waals surface area contributed by atoms with Crippen molar-refractivity contribution in [2.75, 3.05) is 0 Å². The minimum absolute atomic E-state index is 0.895. The van der Waals surface area contributed by atoms with Gasteiger partial charge >= 0.3 is 0 Å². The molecule has 2 heterocycles. The van der Waals surface area contributed by atoms with Gasteiger partial charge in [0.15, 0.2) is 0 Å². The summed E-state index contributed by atoms with van der Waals surface area (Å²) in [6.07, 6.45) is 3.43. The molecule has 0 amide bonds. The highest BCUT2D eigenvalue weighted by molar-refractivity contribution is 6.15. The van der Waals surface area contributed by atoms with Crippen LogP contribution in [0.5, 0.6) is 0 Å². The van der Waals surface area contributed by atoms with Gasteiger partial charge in [-0.2, -0.15) is 0 Å². The largest absolute Gasteiger partial charge is 0.339 e. The van der Waals surface area contributed by atoms with Crippen LogP contribution in [-0.2, 0) is 0 Å². The van der Waals surface area contributed by atoms with Crippen LogP contribution in [0.3, 0.4) is 0 Å². The quantitative estimate of drug-likeness (QED) is 0.493. The molecular formula is C14H9N3. The fraction of sp³-hybridized carbons (Fsp3) is 0. The highest BCUT2D eigenvalue weighted by Gasteiger charge is 2.07. The molecule has 3 heteroatoms. The highest BCUT2D eigenvalue weighted by atomic mass is 14.9. The van der Waals surface area contributed by atoms with Crippen LogP contribution in [0.15, 0.2) is 48.9 Å². The average Bonchev–Trinajstić information content (AvgIpc) is 2.78. The Bertz CT molecular complexity index is 846. The van der Waals surface area contributed by atoms with Gasteiger partial charge in [0.1, 0.15) is 12.0 Å². The van der Waals surface area contributed by atoms with E-state index >= 15 is 0 Å². The lowest BCUT2D eigenvalue weighted by molar-refractivity contribution is 1.21. The maximum absolute atomic E-state index is 4.26. The van der Waals surface area contributed by atoms with E-state index in [2.05, 4.69) is 51.4 Å². The van der Waals surface area contributed by atoms with Crippen LogP contribution in [0.25, 0.3) is 32.7 Å². The van der Waals surface area contributed by atoms with Crippen molar-refractivity contribution in [2.24, 2.45) is 0 Å². The molecule has 0 saturated carbocycles. The summed E-state index contributed by atoms with van der Waals surface area (Å²) in [5.41, 5.74) is 2.03. The van der Waals surface area contributed by atoms with Crippen molar-refractivity contribution in [1.29, 1.82) is 0 Å². The zero-order valence-electron chi connectivity index (χ0n) is 9.01. The predicted molar refractivity (Wildman–Crippen MR) is 68.9 cm³/mol. The molecule has 0 spiro atoms. The van der Waals surface area contributed by atoms with E-state index in [0.29, 0.717) is 0 Å². The van der Waals surface area contributed by atoms with Gasteiger partial charge in [-0.15, -0.1) is 0 Å². The summed E-state index contributed by atoms with van der Waals surface area (Å²) in [5.74, 6) is 0. The zero-order valence-corrected chi connectivity index (χ0v) is 9.01. The Morgan fingerprint density at radius 1 is 0.882 bits per heavy atom. The number of hydrogen-bond acceptors (Lipinski definition) is 2. The van der Waals surface area contributed by atoms with Crippen LogP contribution in [-0.4, -0.2) is 15.0 Å². The van der Waals surface area contributed by atoms with Crippen molar-refractivity contribution in [3.63, 3.8) is 0 Å². The van der Waals surface area contributed by atoms with Gasteiger partial charge < -0.3 is 4.98 Å². The third-order valence-electron chi connectivity index (χ3n) is 3.17. The zero-order chi connectivity index (χ0) is 11.2. The van der Waals surface area contributed by atoms with E-state index < -0.39 is 0 Å². The van der Waals surface area contributed by atoms with Gasteiger partial charge in [-0.3, -0.25) is 0 Å². The number of nitrogens with one attached hydrogen (secondary N) is 1. The monoisotopic (exact) mass is 219 g/mol. The molecule has 1 N–H and O–H groups in total. The maximum Gasteiger partial charge on any atom is 0.141 e. The summed E-state index contributed by atoms with van der Waals surface area (Å²) in [4.78, 5) is 11.7. The lowest BCUT2D eigenvalue weighted by Gasteiger charge is -1.98. The summed E-state index contributed by atoms with van der Waals surface area (Å²) < 4.78 is 0. The molecule has 0 aliphatic rings. The maximum atomic E-state index is 4.26. The van der Waals surface area contributed by atoms with Gasteiger partial charge in [0.05, 0.1) is 5.52 Å². The Morgan fingerprint density at radius 3 is 2.82 bits per heavy atom. The SMILES string of the molecule is c1ccc2c(c1)ccc1c3cncnc3[nH]c21. The van der Waals surface area contributed by atoms with Crippen molar-refractivity contribution >= 4 is 32.7 Å². The molecule has 17 heavy (non-hydrogen) atoms. The van der Waals surface area contributed by atoms with Gasteiger partial charge in [-0.25, -0.2) is 9.97 Å². The molecule has 0 radical (unpaired) electrons. The molecule has 4 rings (SSSR count). The van der Waals surface area contributed by atoms with Crippen molar-refractivity contribution in [3.8, 4) is 0 Å². The minimum atomic E-state index is 0.895. The second-order valence-corrected chi connectivity index (χ2v) is 4.12. The number of nitrogens with zero attached hydrogens (tertiary/aromatic N) is 2. The van der Waals surface area contributed by atoms with Crippen molar-refractivity contribution in [2.45, 2.75) is 0 Å². The van der Waals surface area contributed by atoms with Crippen LogP contribution in [0, 0.1) is 0 Å². The predicted octanol–water partition coefficient (Wildman–Crippen LogP) is 3.26. The molecule has 80 valence electrons. The molecule has 3 nitrogen and oxygen atoms in total. The molecule has 0 aliphatic heterocycles. The van der Waals surface area contributed by atoms with Gasteiger partial charge in [0, 0.05) is 22.4 Å². The van der Waals surface area contributed by atoms with Gasteiger partial charge in [-0.05, 0) is 5.39 Å². The van der Waals surface area contributed by atoms with E-state index in [1.54, 1.807) is 6.33 Å². The number of rotatable bonds is 0. The molecule has 0 bridgehead atoms.